The molecule has 1 N–H and O–H groups in total. The predicted molar refractivity (Wildman–Crippen MR) is 90.2 cm³/mol. The Hall–Kier alpha value is -1.42. The zero-order chi connectivity index (χ0) is 17.7. The molecule has 0 aliphatic rings. The van der Waals surface area contributed by atoms with Gasteiger partial charge in [0.15, 0.2) is 0 Å². The fourth-order valence-electron chi connectivity index (χ4n) is 1.40. The van der Waals surface area contributed by atoms with Crippen LogP contribution in [0.2, 0.25) is 39.3 Å². The smallest absolute Gasteiger partial charge is 0.315 e. The Morgan fingerprint density at radius 2 is 1.45 bits per heavy atom. The predicted octanol–water partition coefficient (Wildman–Crippen LogP) is 2.19. The number of rotatable bonds is 7. The van der Waals surface area contributed by atoms with E-state index in [1.165, 1.54) is 6.92 Å². The fourth-order valence-corrected chi connectivity index (χ4v) is 2.91. The van der Waals surface area contributed by atoms with Gasteiger partial charge >= 0.3 is 5.97 Å². The highest BCUT2D eigenvalue weighted by Crippen LogP contribution is 2.10. The third-order valence-corrected chi connectivity index (χ3v) is 3.83. The lowest BCUT2D eigenvalue weighted by atomic mass is 10.2. The van der Waals surface area contributed by atoms with Gasteiger partial charge in [-0.05, 0) is 46.2 Å². The molecule has 0 radical (unpaired) electrons. The highest BCUT2D eigenvalue weighted by Gasteiger charge is 2.31. The van der Waals surface area contributed by atoms with E-state index < -0.39 is 40.5 Å². The van der Waals surface area contributed by atoms with Crippen molar-refractivity contribution in [2.24, 2.45) is 0 Å². The minimum atomic E-state index is -2.13. The molecule has 0 rings (SSSR count). The quantitative estimate of drug-likeness (QED) is 0.565. The van der Waals surface area contributed by atoms with Crippen LogP contribution in [0.1, 0.15) is 13.3 Å². The second-order valence-electron chi connectivity index (χ2n) is 7.13. The van der Waals surface area contributed by atoms with Crippen molar-refractivity contribution in [2.75, 3.05) is 0 Å². The number of carbonyl (C=O) groups excluding carboxylic acids is 3. The first-order valence-electron chi connectivity index (χ1n) is 7.12. The molecule has 0 aliphatic heterocycles. The van der Waals surface area contributed by atoms with E-state index in [0.717, 1.165) is 0 Å². The maximum atomic E-state index is 12.2. The molecule has 126 valence electrons. The van der Waals surface area contributed by atoms with Crippen molar-refractivity contribution >= 4 is 34.5 Å². The number of hydrogen-bond donors (Lipinski definition) is 1. The van der Waals surface area contributed by atoms with Crippen LogP contribution in [0.15, 0.2) is 12.2 Å². The summed E-state index contributed by atoms with van der Waals surface area (Å²) in [4.78, 5) is 35.9. The van der Waals surface area contributed by atoms with Crippen molar-refractivity contribution in [2.45, 2.75) is 58.7 Å². The average Bonchev–Trinajstić information content (AvgIpc) is 2.22. The van der Waals surface area contributed by atoms with Crippen molar-refractivity contribution in [3.05, 3.63) is 12.2 Å². The molecular formula is C14H27NO5Si2. The summed E-state index contributed by atoms with van der Waals surface area (Å²) in [5.74, 6) is -1.61. The van der Waals surface area contributed by atoms with E-state index in [-0.39, 0.29) is 12.0 Å². The van der Waals surface area contributed by atoms with Crippen molar-refractivity contribution in [3.63, 3.8) is 0 Å². The molecule has 0 saturated heterocycles. The van der Waals surface area contributed by atoms with Gasteiger partial charge in [-0.3, -0.25) is 14.4 Å². The fraction of sp³-hybridized carbons (Fsp3) is 0.643. The second-order valence-corrected chi connectivity index (χ2v) is 16.0. The first kappa shape index (κ1) is 20.6. The van der Waals surface area contributed by atoms with Crippen molar-refractivity contribution < 1.29 is 23.2 Å². The van der Waals surface area contributed by atoms with Crippen LogP contribution in [0.25, 0.3) is 0 Å². The molecule has 8 heteroatoms. The zero-order valence-corrected chi connectivity index (χ0v) is 16.5. The van der Waals surface area contributed by atoms with Crippen LogP contribution in [-0.4, -0.2) is 40.5 Å². The summed E-state index contributed by atoms with van der Waals surface area (Å²) in [5.41, 5.74) is 0.254. The number of nitrogens with one attached hydrogen (secondary N) is 1. The summed E-state index contributed by atoms with van der Waals surface area (Å²) >= 11 is 0. The first-order valence-corrected chi connectivity index (χ1v) is 13.9. The molecule has 0 fully saturated rings. The lowest BCUT2D eigenvalue weighted by Crippen LogP contribution is -2.47. The van der Waals surface area contributed by atoms with Crippen LogP contribution < -0.4 is 5.32 Å². The standard InChI is InChI=1S/C14H27NO5Si2/c1-10(2)13(17)15-11(14(18)20-22(6,7)8)9-12(16)19-21(3,4)5/h11H,1,9H2,2-8H3,(H,15,17)/t11-/m0/s1. The minimum absolute atomic E-state index is 0.243. The van der Waals surface area contributed by atoms with E-state index in [1.54, 1.807) is 0 Å². The molecule has 0 aromatic rings. The number of hydrogen-bond acceptors (Lipinski definition) is 5. The summed E-state index contributed by atoms with van der Waals surface area (Å²) in [7, 11) is -4.18. The van der Waals surface area contributed by atoms with E-state index in [1.807, 2.05) is 39.3 Å². The largest absolute Gasteiger partial charge is 0.520 e. The third kappa shape index (κ3) is 9.51. The Bertz CT molecular complexity index is 463. The summed E-state index contributed by atoms with van der Waals surface area (Å²) in [5, 5.41) is 2.48. The van der Waals surface area contributed by atoms with Gasteiger partial charge in [-0.1, -0.05) is 6.58 Å². The average molecular weight is 346 g/mol. The minimum Gasteiger partial charge on any atom is -0.520 e. The van der Waals surface area contributed by atoms with Gasteiger partial charge in [-0.2, -0.15) is 0 Å². The van der Waals surface area contributed by atoms with E-state index in [0.29, 0.717) is 0 Å². The van der Waals surface area contributed by atoms with Gasteiger partial charge in [-0.15, -0.1) is 0 Å². The lowest BCUT2D eigenvalue weighted by molar-refractivity contribution is -0.144. The molecule has 0 spiro atoms. The Morgan fingerprint density at radius 1 is 1.00 bits per heavy atom. The van der Waals surface area contributed by atoms with E-state index in [2.05, 4.69) is 11.9 Å². The normalized spacial score (nSPS) is 13.0. The first-order chi connectivity index (χ1) is 9.71. The molecule has 0 saturated carbocycles. The van der Waals surface area contributed by atoms with Gasteiger partial charge in [-0.25, -0.2) is 0 Å². The molecule has 1 amide bonds. The van der Waals surface area contributed by atoms with Gasteiger partial charge in [0.25, 0.3) is 5.97 Å². The number of amides is 1. The van der Waals surface area contributed by atoms with Gasteiger partial charge in [0.2, 0.25) is 22.5 Å². The van der Waals surface area contributed by atoms with E-state index in [4.69, 9.17) is 8.85 Å². The molecular weight excluding hydrogens is 318 g/mol. The Morgan fingerprint density at radius 3 is 1.82 bits per heavy atom. The topological polar surface area (TPSA) is 81.7 Å². The van der Waals surface area contributed by atoms with Crippen LogP contribution in [0.5, 0.6) is 0 Å². The summed E-state index contributed by atoms with van der Waals surface area (Å²) in [6.45, 7) is 16.2. The maximum Gasteiger partial charge on any atom is 0.315 e. The zero-order valence-electron chi connectivity index (χ0n) is 14.5. The molecule has 0 heterocycles. The Kier molecular flexibility index (Phi) is 7.23. The highest BCUT2D eigenvalue weighted by molar-refractivity contribution is 6.71. The Labute approximate surface area is 134 Å². The Balaban J connectivity index is 5.01. The van der Waals surface area contributed by atoms with Crippen molar-refractivity contribution in [3.8, 4) is 0 Å². The van der Waals surface area contributed by atoms with Crippen LogP contribution in [0.4, 0.5) is 0 Å². The second kappa shape index (κ2) is 7.73. The molecule has 1 atom stereocenters. The molecule has 6 nitrogen and oxygen atoms in total. The number of carbonyl (C=O) groups is 3. The van der Waals surface area contributed by atoms with Gasteiger partial charge < -0.3 is 14.2 Å². The van der Waals surface area contributed by atoms with Gasteiger partial charge in [0.05, 0.1) is 6.42 Å². The third-order valence-electron chi connectivity index (χ3n) is 2.18. The van der Waals surface area contributed by atoms with Gasteiger partial charge in [0.1, 0.15) is 6.04 Å². The molecule has 0 unspecified atom stereocenters. The molecule has 0 bridgehead atoms. The van der Waals surface area contributed by atoms with Crippen molar-refractivity contribution in [1.82, 2.24) is 5.32 Å². The molecule has 0 aliphatic carbocycles. The SMILES string of the molecule is C=C(C)C(=O)N[C@@H](CC(=O)O[Si](C)(C)C)C(=O)O[Si](C)(C)C. The van der Waals surface area contributed by atoms with E-state index in [9.17, 15) is 14.4 Å². The maximum absolute atomic E-state index is 12.2. The summed E-state index contributed by atoms with van der Waals surface area (Å²) < 4.78 is 10.7. The van der Waals surface area contributed by atoms with Crippen LogP contribution in [-0.2, 0) is 23.2 Å². The summed E-state index contributed by atoms with van der Waals surface area (Å²) in [6.07, 6.45) is -0.243. The molecule has 22 heavy (non-hydrogen) atoms. The van der Waals surface area contributed by atoms with Crippen molar-refractivity contribution in [1.29, 1.82) is 0 Å². The van der Waals surface area contributed by atoms with Gasteiger partial charge in [0, 0.05) is 5.57 Å². The van der Waals surface area contributed by atoms with Crippen LogP contribution in [0, 0.1) is 0 Å². The van der Waals surface area contributed by atoms with E-state index >= 15 is 0 Å². The summed E-state index contributed by atoms with van der Waals surface area (Å²) in [6, 6.07) is -1.06. The highest BCUT2D eigenvalue weighted by atomic mass is 28.4. The lowest BCUT2D eigenvalue weighted by Gasteiger charge is -2.24. The molecule has 0 aromatic heterocycles. The molecule has 0 aromatic carbocycles. The van der Waals surface area contributed by atoms with Crippen LogP contribution >= 0.6 is 0 Å². The van der Waals surface area contributed by atoms with Crippen LogP contribution in [0.3, 0.4) is 0 Å². The monoisotopic (exact) mass is 345 g/mol.